The lowest BCUT2D eigenvalue weighted by Crippen LogP contribution is -2.19. The summed E-state index contributed by atoms with van der Waals surface area (Å²) in [4.78, 5) is 16.9. The SMILES string of the molecule is Cc1cc(C#N)cc(/C=N/O)c1NC(=O)c1cc(C(F)(F)F)nn1-c1ncccc1Cl. The van der Waals surface area contributed by atoms with Crippen molar-refractivity contribution in [2.45, 2.75) is 13.1 Å². The van der Waals surface area contributed by atoms with Gasteiger partial charge in [0.05, 0.1) is 28.6 Å². The summed E-state index contributed by atoms with van der Waals surface area (Å²) >= 11 is 6.03. The van der Waals surface area contributed by atoms with E-state index in [1.54, 1.807) is 6.92 Å². The quantitative estimate of drug-likeness (QED) is 0.353. The highest BCUT2D eigenvalue weighted by Crippen LogP contribution is 2.31. The minimum absolute atomic E-state index is 0.0176. The zero-order valence-electron chi connectivity index (χ0n) is 15.6. The van der Waals surface area contributed by atoms with E-state index in [4.69, 9.17) is 22.1 Å². The number of amides is 1. The van der Waals surface area contributed by atoms with Crippen molar-refractivity contribution in [1.82, 2.24) is 14.8 Å². The van der Waals surface area contributed by atoms with Crippen LogP contribution in [-0.4, -0.2) is 32.1 Å². The van der Waals surface area contributed by atoms with Crippen LogP contribution in [-0.2, 0) is 6.18 Å². The van der Waals surface area contributed by atoms with E-state index in [9.17, 15) is 18.0 Å². The maximum atomic E-state index is 13.3. The lowest BCUT2D eigenvalue weighted by Gasteiger charge is -2.13. The summed E-state index contributed by atoms with van der Waals surface area (Å²) in [6, 6.07) is 8.15. The standard InChI is InChI=1S/C19H12ClF3N6O2/c1-10-5-11(8-24)6-12(9-26-31)16(10)27-18(30)14-7-15(19(21,22)23)28-29(14)17-13(20)3-2-4-25-17/h2-7,9,31H,1H3,(H,27,30)/b26-9+. The molecule has 0 aliphatic rings. The highest BCUT2D eigenvalue weighted by molar-refractivity contribution is 6.32. The van der Waals surface area contributed by atoms with E-state index in [0.717, 1.165) is 6.21 Å². The molecule has 0 bridgehead atoms. The van der Waals surface area contributed by atoms with Crippen molar-refractivity contribution in [3.63, 3.8) is 0 Å². The first kappa shape index (κ1) is 21.8. The Kier molecular flexibility index (Phi) is 5.94. The number of nitriles is 1. The van der Waals surface area contributed by atoms with Gasteiger partial charge in [-0.25, -0.2) is 9.67 Å². The number of rotatable bonds is 4. The Balaban J connectivity index is 2.12. The second-order valence-electron chi connectivity index (χ2n) is 6.20. The number of hydrogen-bond acceptors (Lipinski definition) is 6. The van der Waals surface area contributed by atoms with E-state index in [2.05, 4.69) is 20.6 Å². The number of aryl methyl sites for hydroxylation is 1. The Hall–Kier alpha value is -3.91. The molecule has 31 heavy (non-hydrogen) atoms. The minimum atomic E-state index is -4.82. The van der Waals surface area contributed by atoms with Gasteiger partial charge in [-0.3, -0.25) is 4.79 Å². The zero-order valence-corrected chi connectivity index (χ0v) is 16.4. The lowest BCUT2D eigenvalue weighted by atomic mass is 10.0. The van der Waals surface area contributed by atoms with Crippen molar-refractivity contribution >= 4 is 29.4 Å². The van der Waals surface area contributed by atoms with E-state index in [-0.39, 0.29) is 27.7 Å². The zero-order chi connectivity index (χ0) is 22.8. The van der Waals surface area contributed by atoms with Crippen molar-refractivity contribution in [3.05, 3.63) is 69.6 Å². The molecule has 0 fully saturated rings. The first-order chi connectivity index (χ1) is 14.7. The van der Waals surface area contributed by atoms with Crippen LogP contribution in [0.15, 0.2) is 41.7 Å². The van der Waals surface area contributed by atoms with Crippen LogP contribution in [0.1, 0.15) is 32.9 Å². The van der Waals surface area contributed by atoms with Gasteiger partial charge in [-0.1, -0.05) is 16.8 Å². The topological polar surface area (TPSA) is 116 Å². The highest BCUT2D eigenvalue weighted by Gasteiger charge is 2.36. The van der Waals surface area contributed by atoms with Gasteiger partial charge < -0.3 is 10.5 Å². The molecule has 0 saturated heterocycles. The second-order valence-corrected chi connectivity index (χ2v) is 6.61. The van der Waals surface area contributed by atoms with Crippen LogP contribution in [0.4, 0.5) is 18.9 Å². The van der Waals surface area contributed by atoms with Crippen LogP contribution in [0.2, 0.25) is 5.02 Å². The van der Waals surface area contributed by atoms with Gasteiger partial charge in [0.25, 0.3) is 5.91 Å². The molecule has 0 spiro atoms. The fourth-order valence-corrected chi connectivity index (χ4v) is 2.97. The van der Waals surface area contributed by atoms with Gasteiger partial charge in [0.2, 0.25) is 0 Å². The molecule has 3 aromatic rings. The molecule has 2 aromatic heterocycles. The Morgan fingerprint density at radius 2 is 2.13 bits per heavy atom. The van der Waals surface area contributed by atoms with Crippen molar-refractivity contribution in [2.75, 3.05) is 5.32 Å². The van der Waals surface area contributed by atoms with Crippen LogP contribution in [0.3, 0.4) is 0 Å². The Labute approximate surface area is 178 Å². The minimum Gasteiger partial charge on any atom is -0.411 e. The average Bonchev–Trinajstić information content (AvgIpc) is 3.16. The molecular formula is C19H12ClF3N6O2. The number of nitrogens with one attached hydrogen (secondary N) is 1. The third-order valence-electron chi connectivity index (χ3n) is 4.10. The molecular weight excluding hydrogens is 437 g/mol. The molecule has 2 N–H and O–H groups in total. The largest absolute Gasteiger partial charge is 0.435 e. The normalized spacial score (nSPS) is 11.5. The van der Waals surface area contributed by atoms with Crippen molar-refractivity contribution < 1.29 is 23.2 Å². The Morgan fingerprint density at radius 1 is 1.39 bits per heavy atom. The van der Waals surface area contributed by atoms with Crippen LogP contribution in [0.5, 0.6) is 0 Å². The molecule has 8 nitrogen and oxygen atoms in total. The number of nitrogens with zero attached hydrogens (tertiary/aromatic N) is 5. The van der Waals surface area contributed by atoms with Crippen molar-refractivity contribution in [3.8, 4) is 11.9 Å². The van der Waals surface area contributed by atoms with E-state index < -0.39 is 23.5 Å². The molecule has 0 aliphatic heterocycles. The molecule has 12 heteroatoms. The van der Waals surface area contributed by atoms with Gasteiger partial charge in [-0.15, -0.1) is 0 Å². The third kappa shape index (κ3) is 4.49. The van der Waals surface area contributed by atoms with Gasteiger partial charge in [-0.05, 0) is 36.8 Å². The number of carbonyl (C=O) groups excluding carboxylic acids is 1. The molecule has 0 aliphatic carbocycles. The Morgan fingerprint density at radius 3 is 2.74 bits per heavy atom. The first-order valence-electron chi connectivity index (χ1n) is 8.47. The number of benzene rings is 1. The van der Waals surface area contributed by atoms with Gasteiger partial charge in [0.1, 0.15) is 5.69 Å². The molecule has 0 radical (unpaired) electrons. The number of anilines is 1. The molecule has 3 rings (SSSR count). The number of oxime groups is 1. The Bertz CT molecular complexity index is 1230. The summed E-state index contributed by atoms with van der Waals surface area (Å²) in [6.45, 7) is 1.57. The lowest BCUT2D eigenvalue weighted by molar-refractivity contribution is -0.141. The third-order valence-corrected chi connectivity index (χ3v) is 4.40. The van der Waals surface area contributed by atoms with Gasteiger partial charge in [0, 0.05) is 17.8 Å². The fraction of sp³-hybridized carbons (Fsp3) is 0.105. The number of aromatic nitrogens is 3. The van der Waals surface area contributed by atoms with Crippen molar-refractivity contribution in [2.24, 2.45) is 5.16 Å². The smallest absolute Gasteiger partial charge is 0.411 e. The monoisotopic (exact) mass is 448 g/mol. The summed E-state index contributed by atoms with van der Waals surface area (Å²) in [5.41, 5.74) is -0.840. The molecule has 2 heterocycles. The van der Waals surface area contributed by atoms with E-state index in [1.165, 1.54) is 30.5 Å². The van der Waals surface area contributed by atoms with E-state index in [1.807, 2.05) is 6.07 Å². The summed E-state index contributed by atoms with van der Waals surface area (Å²) in [7, 11) is 0. The summed E-state index contributed by atoms with van der Waals surface area (Å²) in [5.74, 6) is -1.12. The molecule has 1 aromatic carbocycles. The molecule has 0 unspecified atom stereocenters. The summed E-state index contributed by atoms with van der Waals surface area (Å²) in [5, 5.41) is 26.8. The number of halogens is 4. The predicted octanol–water partition coefficient (Wildman–Crippen LogP) is 4.18. The molecule has 0 atom stereocenters. The summed E-state index contributed by atoms with van der Waals surface area (Å²) < 4.78 is 40.5. The van der Waals surface area contributed by atoms with Crippen molar-refractivity contribution in [1.29, 1.82) is 5.26 Å². The number of carbonyl (C=O) groups is 1. The van der Waals surface area contributed by atoms with E-state index in [0.29, 0.717) is 16.3 Å². The van der Waals surface area contributed by atoms with E-state index >= 15 is 0 Å². The van der Waals surface area contributed by atoms with Gasteiger partial charge in [-0.2, -0.15) is 23.5 Å². The number of pyridine rings is 1. The maximum Gasteiger partial charge on any atom is 0.435 e. The number of alkyl halides is 3. The number of hydrogen-bond donors (Lipinski definition) is 2. The van der Waals surface area contributed by atoms with Crippen LogP contribution in [0.25, 0.3) is 5.82 Å². The van der Waals surface area contributed by atoms with Crippen LogP contribution < -0.4 is 5.32 Å². The molecule has 1 amide bonds. The molecule has 158 valence electrons. The van der Waals surface area contributed by atoms with Gasteiger partial charge >= 0.3 is 6.18 Å². The summed E-state index contributed by atoms with van der Waals surface area (Å²) in [6.07, 6.45) is -2.55. The fourth-order valence-electron chi connectivity index (χ4n) is 2.77. The second kappa shape index (κ2) is 8.45. The predicted molar refractivity (Wildman–Crippen MR) is 105 cm³/mol. The maximum absolute atomic E-state index is 13.3. The van der Waals surface area contributed by atoms with Crippen LogP contribution in [0, 0.1) is 18.3 Å². The first-order valence-corrected chi connectivity index (χ1v) is 8.85. The molecule has 0 saturated carbocycles. The van der Waals surface area contributed by atoms with Crippen LogP contribution >= 0.6 is 11.6 Å². The highest BCUT2D eigenvalue weighted by atomic mass is 35.5. The average molecular weight is 449 g/mol. The van der Waals surface area contributed by atoms with Gasteiger partial charge in [0.15, 0.2) is 11.5 Å².